The Kier molecular flexibility index (Phi) is 7.29. The molecule has 0 atom stereocenters. The summed E-state index contributed by atoms with van der Waals surface area (Å²) in [7, 11) is 0. The molecule has 0 radical (unpaired) electrons. The van der Waals surface area contributed by atoms with Crippen molar-refractivity contribution in [3.05, 3.63) is 83.9 Å². The second-order valence-corrected chi connectivity index (χ2v) is 9.12. The molecular formula is C29H28N4O4. The number of aromatic carboxylic acids is 1. The molecule has 0 bridgehead atoms. The van der Waals surface area contributed by atoms with Crippen molar-refractivity contribution >= 4 is 5.97 Å². The van der Waals surface area contributed by atoms with Gasteiger partial charge in [0.05, 0.1) is 5.56 Å². The third-order valence-corrected chi connectivity index (χ3v) is 5.58. The normalized spacial score (nSPS) is 11.1. The van der Waals surface area contributed by atoms with E-state index >= 15 is 0 Å². The number of hydrogen-bond donors (Lipinski definition) is 1. The predicted molar refractivity (Wildman–Crippen MR) is 141 cm³/mol. The lowest BCUT2D eigenvalue weighted by Crippen LogP contribution is -2.10. The third kappa shape index (κ3) is 5.64. The van der Waals surface area contributed by atoms with Gasteiger partial charge in [0, 0.05) is 22.3 Å². The summed E-state index contributed by atoms with van der Waals surface area (Å²) in [6, 6.07) is 21.8. The van der Waals surface area contributed by atoms with Crippen LogP contribution in [0.2, 0.25) is 0 Å². The molecule has 0 aliphatic rings. The van der Waals surface area contributed by atoms with Gasteiger partial charge in [0.2, 0.25) is 23.6 Å². The van der Waals surface area contributed by atoms with Gasteiger partial charge in [-0.05, 0) is 65.6 Å². The van der Waals surface area contributed by atoms with Crippen LogP contribution in [-0.4, -0.2) is 31.5 Å². The van der Waals surface area contributed by atoms with E-state index in [1.807, 2.05) is 50.2 Å². The van der Waals surface area contributed by atoms with Gasteiger partial charge < -0.3 is 13.9 Å². The Morgan fingerprint density at radius 2 is 1.05 bits per heavy atom. The van der Waals surface area contributed by atoms with Crippen molar-refractivity contribution in [2.45, 2.75) is 40.0 Å². The van der Waals surface area contributed by atoms with Crippen LogP contribution < -0.4 is 0 Å². The maximum Gasteiger partial charge on any atom is 0.335 e. The van der Waals surface area contributed by atoms with Gasteiger partial charge in [-0.3, -0.25) is 0 Å². The molecule has 0 aliphatic carbocycles. The molecule has 5 aromatic rings. The first-order valence-corrected chi connectivity index (χ1v) is 12.0. The summed E-state index contributed by atoms with van der Waals surface area (Å²) in [6.45, 7) is 10.5. The third-order valence-electron chi connectivity index (χ3n) is 5.58. The van der Waals surface area contributed by atoms with E-state index < -0.39 is 5.97 Å². The molecule has 0 fully saturated rings. The average molecular weight is 497 g/mol. The molecule has 0 spiro atoms. The van der Waals surface area contributed by atoms with Crippen molar-refractivity contribution in [1.29, 1.82) is 0 Å². The fraction of sp³-hybridized carbons (Fsp3) is 0.207. The van der Waals surface area contributed by atoms with E-state index in [0.29, 0.717) is 28.8 Å². The van der Waals surface area contributed by atoms with Gasteiger partial charge in [0.15, 0.2) is 0 Å². The van der Waals surface area contributed by atoms with E-state index in [1.165, 1.54) is 17.7 Å². The van der Waals surface area contributed by atoms with Crippen LogP contribution in [0.4, 0.5) is 0 Å². The maximum absolute atomic E-state index is 11.2. The fourth-order valence-corrected chi connectivity index (χ4v) is 3.57. The first-order valence-electron chi connectivity index (χ1n) is 12.0. The standard InChI is InChI=1S/C27H22N4O4.C2H6/c1-27(2,3)21-13-11-18(12-14-21)24-29-28-22(34-24)16-7-9-17(10-8-16)23-30-31-25(35-23)19-5-4-6-20(15-19)26(32)33;1-2/h4-15H,1-3H3,(H,32,33);1-2H3. The molecule has 0 unspecified atom stereocenters. The molecule has 8 heteroatoms. The van der Waals surface area contributed by atoms with Crippen molar-refractivity contribution in [2.24, 2.45) is 0 Å². The summed E-state index contributed by atoms with van der Waals surface area (Å²) in [5.41, 5.74) is 4.31. The first kappa shape index (κ1) is 25.5. The fourth-order valence-electron chi connectivity index (χ4n) is 3.57. The number of benzene rings is 3. The van der Waals surface area contributed by atoms with E-state index in [4.69, 9.17) is 8.83 Å². The summed E-state index contributed by atoms with van der Waals surface area (Å²) >= 11 is 0. The molecule has 2 heterocycles. The zero-order valence-electron chi connectivity index (χ0n) is 21.4. The van der Waals surface area contributed by atoms with Crippen LogP contribution in [-0.2, 0) is 5.41 Å². The highest BCUT2D eigenvalue weighted by molar-refractivity contribution is 5.89. The second kappa shape index (κ2) is 10.6. The molecule has 188 valence electrons. The van der Waals surface area contributed by atoms with E-state index in [9.17, 15) is 9.90 Å². The molecule has 8 nitrogen and oxygen atoms in total. The van der Waals surface area contributed by atoms with Gasteiger partial charge >= 0.3 is 5.97 Å². The molecule has 5 rings (SSSR count). The number of rotatable bonds is 5. The topological polar surface area (TPSA) is 115 Å². The van der Waals surface area contributed by atoms with Crippen LogP contribution >= 0.6 is 0 Å². The zero-order valence-corrected chi connectivity index (χ0v) is 21.4. The lowest BCUT2D eigenvalue weighted by Gasteiger charge is -2.18. The molecule has 0 aliphatic heterocycles. The summed E-state index contributed by atoms with van der Waals surface area (Å²) < 4.78 is 11.7. The highest BCUT2D eigenvalue weighted by Gasteiger charge is 2.16. The zero-order chi connectivity index (χ0) is 26.6. The quantitative estimate of drug-likeness (QED) is 0.273. The minimum absolute atomic E-state index is 0.0714. The summed E-state index contributed by atoms with van der Waals surface area (Å²) in [6.07, 6.45) is 0. The molecule has 37 heavy (non-hydrogen) atoms. The Labute approximate surface area is 215 Å². The van der Waals surface area contributed by atoms with Crippen LogP contribution in [0.3, 0.4) is 0 Å². The number of carboxylic acid groups (broad SMARTS) is 1. The van der Waals surface area contributed by atoms with Crippen LogP contribution in [0.25, 0.3) is 45.8 Å². The minimum Gasteiger partial charge on any atom is -0.478 e. The van der Waals surface area contributed by atoms with Crippen LogP contribution in [0.15, 0.2) is 81.6 Å². The van der Waals surface area contributed by atoms with Crippen LogP contribution in [0.1, 0.15) is 50.5 Å². The molecule has 0 saturated heterocycles. The smallest absolute Gasteiger partial charge is 0.335 e. The van der Waals surface area contributed by atoms with E-state index in [2.05, 4.69) is 53.3 Å². The lowest BCUT2D eigenvalue weighted by molar-refractivity contribution is 0.0697. The molecule has 0 saturated carbocycles. The van der Waals surface area contributed by atoms with E-state index in [-0.39, 0.29) is 16.9 Å². The maximum atomic E-state index is 11.2. The Hall–Kier alpha value is -4.59. The lowest BCUT2D eigenvalue weighted by atomic mass is 9.87. The number of carbonyl (C=O) groups is 1. The average Bonchev–Trinajstić information content (AvgIpc) is 3.61. The molecule has 0 amide bonds. The summed E-state index contributed by atoms with van der Waals surface area (Å²) in [5.74, 6) is 0.398. The van der Waals surface area contributed by atoms with Crippen molar-refractivity contribution in [1.82, 2.24) is 20.4 Å². The highest BCUT2D eigenvalue weighted by Crippen LogP contribution is 2.29. The monoisotopic (exact) mass is 496 g/mol. The van der Waals surface area contributed by atoms with Crippen molar-refractivity contribution in [3.8, 4) is 45.8 Å². The summed E-state index contributed by atoms with van der Waals surface area (Å²) in [4.78, 5) is 11.2. The first-order chi connectivity index (χ1) is 17.8. The predicted octanol–water partition coefficient (Wildman–Crippen LogP) is 7.14. The number of carboxylic acids is 1. The molecule has 1 N–H and O–H groups in total. The number of hydrogen-bond acceptors (Lipinski definition) is 7. The van der Waals surface area contributed by atoms with Gasteiger partial charge in [-0.2, -0.15) is 0 Å². The van der Waals surface area contributed by atoms with Gasteiger partial charge in [-0.1, -0.05) is 52.8 Å². The highest BCUT2D eigenvalue weighted by atomic mass is 16.4. The van der Waals surface area contributed by atoms with Crippen molar-refractivity contribution in [2.75, 3.05) is 0 Å². The summed E-state index contributed by atoms with van der Waals surface area (Å²) in [5, 5.41) is 25.7. The van der Waals surface area contributed by atoms with Crippen molar-refractivity contribution < 1.29 is 18.7 Å². The number of nitrogens with zero attached hydrogens (tertiary/aromatic N) is 4. The Morgan fingerprint density at radius 3 is 1.46 bits per heavy atom. The Bertz CT molecular complexity index is 1490. The van der Waals surface area contributed by atoms with Crippen molar-refractivity contribution in [3.63, 3.8) is 0 Å². The van der Waals surface area contributed by atoms with Gasteiger partial charge in [-0.15, -0.1) is 20.4 Å². The van der Waals surface area contributed by atoms with E-state index in [0.717, 1.165) is 11.1 Å². The molecule has 2 aromatic heterocycles. The molecule has 3 aromatic carbocycles. The van der Waals surface area contributed by atoms with Gasteiger partial charge in [-0.25, -0.2) is 4.79 Å². The largest absolute Gasteiger partial charge is 0.478 e. The van der Waals surface area contributed by atoms with Gasteiger partial charge in [0.25, 0.3) is 0 Å². The van der Waals surface area contributed by atoms with Crippen LogP contribution in [0, 0.1) is 0 Å². The number of aromatic nitrogens is 4. The van der Waals surface area contributed by atoms with Gasteiger partial charge in [0.1, 0.15) is 0 Å². The Balaban J connectivity index is 0.00000156. The SMILES string of the molecule is CC.CC(C)(C)c1ccc(-c2nnc(-c3ccc(-c4nnc(-c5cccc(C(=O)O)c5)o4)cc3)o2)cc1. The second-order valence-electron chi connectivity index (χ2n) is 9.12. The Morgan fingerprint density at radius 1 is 0.649 bits per heavy atom. The van der Waals surface area contributed by atoms with E-state index in [1.54, 1.807) is 12.1 Å². The minimum atomic E-state index is -1.02. The molecular weight excluding hydrogens is 468 g/mol. The van der Waals surface area contributed by atoms with Crippen LogP contribution in [0.5, 0.6) is 0 Å².